The molecule has 2 N–H and O–H groups in total. The van der Waals surface area contributed by atoms with Crippen molar-refractivity contribution in [3.05, 3.63) is 40.8 Å². The molecule has 0 aliphatic carbocycles. The number of benzene rings is 1. The van der Waals surface area contributed by atoms with Gasteiger partial charge in [0.15, 0.2) is 0 Å². The lowest BCUT2D eigenvalue weighted by Gasteiger charge is -2.36. The molecule has 0 saturated carbocycles. The molecule has 1 aliphatic rings. The number of thiazole rings is 1. The fraction of sp³-hybridized carbons (Fsp3) is 0.333. The zero-order chi connectivity index (χ0) is 15.4. The molecule has 1 aliphatic heterocycles. The number of urea groups is 1. The lowest BCUT2D eigenvalue weighted by Crippen LogP contribution is -2.51. The van der Waals surface area contributed by atoms with Gasteiger partial charge in [0, 0.05) is 43.3 Å². The van der Waals surface area contributed by atoms with E-state index in [1.807, 2.05) is 22.4 Å². The minimum absolute atomic E-state index is 0.0523. The zero-order valence-electron chi connectivity index (χ0n) is 12.1. The molecular weight excluding hydrogens is 300 g/mol. The van der Waals surface area contributed by atoms with Gasteiger partial charge in [-0.05, 0) is 12.1 Å². The minimum atomic E-state index is -0.0523. The van der Waals surface area contributed by atoms with Gasteiger partial charge in [-0.15, -0.1) is 11.3 Å². The fourth-order valence-electron chi connectivity index (χ4n) is 2.46. The van der Waals surface area contributed by atoms with E-state index in [4.69, 9.17) is 0 Å². The van der Waals surface area contributed by atoms with Crippen LogP contribution < -0.4 is 10.2 Å². The maximum Gasteiger partial charge on any atom is 0.317 e. The third-order valence-corrected chi connectivity index (χ3v) is 4.30. The molecule has 0 radical (unpaired) electrons. The molecular formula is C15H18N4O2S. The van der Waals surface area contributed by atoms with E-state index < -0.39 is 0 Å². The normalized spacial score (nSPS) is 14.9. The van der Waals surface area contributed by atoms with Gasteiger partial charge < -0.3 is 20.2 Å². The standard InChI is InChI=1S/C15H18N4O2S/c20-14-3-1-2-13(8-14)18-4-6-19(7-5-18)15(21)16-9-12-10-22-11-17-12/h1-3,8,10-11,20H,4-7,9H2,(H,16,21). The van der Waals surface area contributed by atoms with Crippen molar-refractivity contribution in [2.75, 3.05) is 31.1 Å². The highest BCUT2D eigenvalue weighted by molar-refractivity contribution is 7.07. The number of aromatic hydroxyl groups is 1. The first-order chi connectivity index (χ1) is 10.7. The Kier molecular flexibility index (Phi) is 4.43. The highest BCUT2D eigenvalue weighted by atomic mass is 32.1. The second kappa shape index (κ2) is 6.65. The Bertz CT molecular complexity index is 624. The first-order valence-electron chi connectivity index (χ1n) is 7.16. The monoisotopic (exact) mass is 318 g/mol. The Morgan fingerprint density at radius 1 is 1.32 bits per heavy atom. The Labute approximate surface area is 133 Å². The van der Waals surface area contributed by atoms with Gasteiger partial charge in [0.1, 0.15) is 5.75 Å². The number of carbonyl (C=O) groups is 1. The van der Waals surface area contributed by atoms with Crippen LogP contribution in [0.2, 0.25) is 0 Å². The van der Waals surface area contributed by atoms with E-state index in [0.717, 1.165) is 24.5 Å². The van der Waals surface area contributed by atoms with Gasteiger partial charge in [-0.3, -0.25) is 0 Å². The molecule has 0 spiro atoms. The second-order valence-corrected chi connectivity index (χ2v) is 5.85. The van der Waals surface area contributed by atoms with Crippen LogP contribution in [0.1, 0.15) is 5.69 Å². The van der Waals surface area contributed by atoms with Gasteiger partial charge in [0.25, 0.3) is 0 Å². The quantitative estimate of drug-likeness (QED) is 0.907. The molecule has 7 heteroatoms. The molecule has 1 saturated heterocycles. The Morgan fingerprint density at radius 2 is 2.14 bits per heavy atom. The summed E-state index contributed by atoms with van der Waals surface area (Å²) in [5.41, 5.74) is 3.63. The summed E-state index contributed by atoms with van der Waals surface area (Å²) in [6.07, 6.45) is 0. The topological polar surface area (TPSA) is 68.7 Å². The van der Waals surface area contributed by atoms with Crippen LogP contribution in [-0.2, 0) is 6.54 Å². The number of amides is 2. The molecule has 6 nitrogen and oxygen atoms in total. The number of phenolic OH excluding ortho intramolecular Hbond substituents is 1. The van der Waals surface area contributed by atoms with E-state index in [1.165, 1.54) is 11.3 Å². The molecule has 3 rings (SSSR count). The van der Waals surface area contributed by atoms with Crippen molar-refractivity contribution in [3.63, 3.8) is 0 Å². The highest BCUT2D eigenvalue weighted by Gasteiger charge is 2.21. The molecule has 0 unspecified atom stereocenters. The first kappa shape index (κ1) is 14.6. The van der Waals surface area contributed by atoms with E-state index in [2.05, 4.69) is 15.2 Å². The molecule has 116 valence electrons. The van der Waals surface area contributed by atoms with Gasteiger partial charge in [-0.2, -0.15) is 0 Å². The van der Waals surface area contributed by atoms with Crippen molar-refractivity contribution in [3.8, 4) is 5.75 Å². The van der Waals surface area contributed by atoms with Crippen molar-refractivity contribution in [2.24, 2.45) is 0 Å². The zero-order valence-corrected chi connectivity index (χ0v) is 12.9. The van der Waals surface area contributed by atoms with E-state index in [-0.39, 0.29) is 11.8 Å². The van der Waals surface area contributed by atoms with E-state index in [9.17, 15) is 9.90 Å². The number of nitrogens with zero attached hydrogens (tertiary/aromatic N) is 3. The van der Waals surface area contributed by atoms with Crippen molar-refractivity contribution >= 4 is 23.1 Å². The first-order valence-corrected chi connectivity index (χ1v) is 8.10. The average molecular weight is 318 g/mol. The molecule has 1 aromatic carbocycles. The number of carbonyl (C=O) groups excluding carboxylic acids is 1. The third kappa shape index (κ3) is 3.48. The third-order valence-electron chi connectivity index (χ3n) is 3.67. The smallest absolute Gasteiger partial charge is 0.317 e. The van der Waals surface area contributed by atoms with Gasteiger partial charge >= 0.3 is 6.03 Å². The molecule has 2 aromatic rings. The Hall–Kier alpha value is -2.28. The van der Waals surface area contributed by atoms with Crippen LogP contribution in [0.25, 0.3) is 0 Å². The Balaban J connectivity index is 1.49. The van der Waals surface area contributed by atoms with Crippen LogP contribution >= 0.6 is 11.3 Å². The van der Waals surface area contributed by atoms with E-state index in [0.29, 0.717) is 19.6 Å². The lowest BCUT2D eigenvalue weighted by molar-refractivity contribution is 0.194. The van der Waals surface area contributed by atoms with Crippen LogP contribution in [0.15, 0.2) is 35.2 Å². The van der Waals surface area contributed by atoms with Crippen molar-refractivity contribution in [1.82, 2.24) is 15.2 Å². The molecule has 1 aromatic heterocycles. The average Bonchev–Trinajstić information content (AvgIpc) is 3.06. The summed E-state index contributed by atoms with van der Waals surface area (Å²) in [6, 6.07) is 7.16. The van der Waals surface area contributed by atoms with Crippen LogP contribution in [0.3, 0.4) is 0 Å². The number of aromatic nitrogens is 1. The summed E-state index contributed by atoms with van der Waals surface area (Å²) in [5, 5.41) is 14.4. The Morgan fingerprint density at radius 3 is 2.82 bits per heavy atom. The summed E-state index contributed by atoms with van der Waals surface area (Å²) in [4.78, 5) is 20.3. The van der Waals surface area contributed by atoms with Gasteiger partial charge in [-0.1, -0.05) is 6.07 Å². The van der Waals surface area contributed by atoms with Gasteiger partial charge in [-0.25, -0.2) is 9.78 Å². The number of anilines is 1. The summed E-state index contributed by atoms with van der Waals surface area (Å²) in [5.74, 6) is 0.265. The van der Waals surface area contributed by atoms with Crippen LogP contribution in [0.5, 0.6) is 5.75 Å². The predicted molar refractivity (Wildman–Crippen MR) is 86.2 cm³/mol. The number of piperazine rings is 1. The summed E-state index contributed by atoms with van der Waals surface area (Å²) < 4.78 is 0. The van der Waals surface area contributed by atoms with Gasteiger partial charge in [0.05, 0.1) is 17.7 Å². The number of hydrogen-bond donors (Lipinski definition) is 2. The molecule has 1 fully saturated rings. The molecule has 2 amide bonds. The lowest BCUT2D eigenvalue weighted by atomic mass is 10.2. The molecule has 0 atom stereocenters. The van der Waals surface area contributed by atoms with Crippen LogP contribution in [0, 0.1) is 0 Å². The van der Waals surface area contributed by atoms with Crippen molar-refractivity contribution in [2.45, 2.75) is 6.54 Å². The van der Waals surface area contributed by atoms with Crippen LogP contribution in [0.4, 0.5) is 10.5 Å². The van der Waals surface area contributed by atoms with Gasteiger partial charge in [0.2, 0.25) is 0 Å². The number of phenols is 1. The molecule has 2 heterocycles. The fourth-order valence-corrected chi connectivity index (χ4v) is 3.02. The summed E-state index contributed by atoms with van der Waals surface area (Å²) >= 11 is 1.52. The maximum absolute atomic E-state index is 12.1. The van der Waals surface area contributed by atoms with E-state index in [1.54, 1.807) is 17.6 Å². The largest absolute Gasteiger partial charge is 0.508 e. The predicted octanol–water partition coefficient (Wildman–Crippen LogP) is 1.88. The van der Waals surface area contributed by atoms with Crippen LogP contribution in [-0.4, -0.2) is 47.2 Å². The number of hydrogen-bond acceptors (Lipinski definition) is 5. The maximum atomic E-state index is 12.1. The minimum Gasteiger partial charge on any atom is -0.508 e. The summed E-state index contributed by atoms with van der Waals surface area (Å²) in [6.45, 7) is 3.31. The number of rotatable bonds is 3. The molecule has 0 bridgehead atoms. The van der Waals surface area contributed by atoms with E-state index >= 15 is 0 Å². The highest BCUT2D eigenvalue weighted by Crippen LogP contribution is 2.21. The second-order valence-electron chi connectivity index (χ2n) is 5.13. The van der Waals surface area contributed by atoms with Crippen molar-refractivity contribution < 1.29 is 9.90 Å². The van der Waals surface area contributed by atoms with Crippen molar-refractivity contribution in [1.29, 1.82) is 0 Å². The molecule has 22 heavy (non-hydrogen) atoms. The number of nitrogens with one attached hydrogen (secondary N) is 1. The summed E-state index contributed by atoms with van der Waals surface area (Å²) in [7, 11) is 0. The SMILES string of the molecule is O=C(NCc1cscn1)N1CCN(c2cccc(O)c2)CC1.